The van der Waals surface area contributed by atoms with Crippen LogP contribution in [0.2, 0.25) is 0 Å². The maximum atomic E-state index is 13.5. The summed E-state index contributed by atoms with van der Waals surface area (Å²) in [6.45, 7) is 0. The first kappa shape index (κ1) is 20.7. The fourth-order valence-corrected chi connectivity index (χ4v) is 6.20. The molecule has 2 aliphatic heterocycles. The molecule has 0 N–H and O–H groups in total. The zero-order valence-corrected chi connectivity index (χ0v) is 18.6. The number of amides is 4. The molecule has 2 aromatic carbocycles. The number of allylic oxidation sites excluding steroid dienone is 2. The van der Waals surface area contributed by atoms with Crippen LogP contribution in [-0.2, 0) is 19.2 Å². The van der Waals surface area contributed by atoms with Gasteiger partial charge in [0.05, 0.1) is 49.3 Å². The minimum Gasteiger partial charge on any atom is -0.497 e. The summed E-state index contributed by atoms with van der Waals surface area (Å²) in [5.41, 5.74) is 0.930. The minimum absolute atomic E-state index is 0.318. The Labute approximate surface area is 195 Å². The monoisotopic (exact) mass is 458 g/mol. The van der Waals surface area contributed by atoms with Crippen LogP contribution in [0.4, 0.5) is 11.4 Å². The Morgan fingerprint density at radius 2 is 0.824 bits per heavy atom. The highest BCUT2D eigenvalue weighted by atomic mass is 16.5. The van der Waals surface area contributed by atoms with Crippen molar-refractivity contribution in [3.63, 3.8) is 0 Å². The first-order valence-electron chi connectivity index (χ1n) is 11.2. The zero-order valence-electron chi connectivity index (χ0n) is 18.6. The number of benzene rings is 2. The zero-order chi connectivity index (χ0) is 23.7. The van der Waals surface area contributed by atoms with Crippen molar-refractivity contribution in [2.45, 2.75) is 0 Å². The topological polar surface area (TPSA) is 93.2 Å². The third-order valence-electron chi connectivity index (χ3n) is 7.67. The average Bonchev–Trinajstić information content (AvgIpc) is 3.31. The second kappa shape index (κ2) is 7.28. The SMILES string of the molecule is COc1ccc(N2C(=O)[C@@H]3C4C=CC([C@H]3C2=O)[C@@H]2C(=O)N(c3ccc(OC)cc3)C(=O)[C@H]42)cc1. The molecule has 0 aromatic heterocycles. The fraction of sp³-hybridized carbons (Fsp3) is 0.308. The summed E-state index contributed by atoms with van der Waals surface area (Å²) in [7, 11) is 3.09. The Hall–Kier alpha value is -3.94. The van der Waals surface area contributed by atoms with Crippen molar-refractivity contribution in [3.8, 4) is 11.5 Å². The summed E-state index contributed by atoms with van der Waals surface area (Å²) in [4.78, 5) is 56.5. The van der Waals surface area contributed by atoms with Crippen LogP contribution in [0.15, 0.2) is 60.7 Å². The number of anilines is 2. The summed E-state index contributed by atoms with van der Waals surface area (Å²) in [5.74, 6) is -3.66. The quantitative estimate of drug-likeness (QED) is 0.516. The highest BCUT2D eigenvalue weighted by Gasteiger charge is 2.68. The van der Waals surface area contributed by atoms with Crippen LogP contribution in [0.3, 0.4) is 0 Å². The van der Waals surface area contributed by atoms with Crippen LogP contribution >= 0.6 is 0 Å². The van der Waals surface area contributed by atoms with Gasteiger partial charge >= 0.3 is 0 Å². The van der Waals surface area contributed by atoms with Gasteiger partial charge in [0, 0.05) is 11.8 Å². The highest BCUT2D eigenvalue weighted by Crippen LogP contribution is 2.58. The molecular weight excluding hydrogens is 436 g/mol. The van der Waals surface area contributed by atoms with E-state index < -0.39 is 35.5 Å². The molecule has 2 bridgehead atoms. The lowest BCUT2D eigenvalue weighted by atomic mass is 9.54. The third-order valence-corrected chi connectivity index (χ3v) is 7.67. The molecule has 3 fully saturated rings. The lowest BCUT2D eigenvalue weighted by molar-refractivity contribution is -0.137. The largest absolute Gasteiger partial charge is 0.497 e. The van der Waals surface area contributed by atoms with Crippen molar-refractivity contribution in [2.75, 3.05) is 24.0 Å². The van der Waals surface area contributed by atoms with Crippen LogP contribution in [0.1, 0.15) is 0 Å². The van der Waals surface area contributed by atoms with E-state index in [4.69, 9.17) is 9.47 Å². The number of imide groups is 2. The standard InChI is InChI=1S/C26H22N2O6/c1-33-15-7-3-13(4-8-15)27-23(29)19-17-11-12-18(20(19)24(27)30)22-21(17)25(31)28(26(22)32)14-5-9-16(34-2)10-6-14/h3-12,17-22H,1-2H3/t17?,18?,19-,20-,21-,22+/m1/s1. The van der Waals surface area contributed by atoms with Crippen molar-refractivity contribution in [2.24, 2.45) is 35.5 Å². The van der Waals surface area contributed by atoms with Crippen LogP contribution < -0.4 is 19.3 Å². The van der Waals surface area contributed by atoms with Crippen LogP contribution in [-0.4, -0.2) is 37.8 Å². The van der Waals surface area contributed by atoms with E-state index in [0.29, 0.717) is 22.9 Å². The molecule has 7 rings (SSSR count). The summed E-state index contributed by atoms with van der Waals surface area (Å²) < 4.78 is 10.3. The Kier molecular flexibility index (Phi) is 4.42. The van der Waals surface area contributed by atoms with Crippen molar-refractivity contribution < 1.29 is 28.7 Å². The van der Waals surface area contributed by atoms with Gasteiger partial charge in [-0.2, -0.15) is 0 Å². The first-order valence-corrected chi connectivity index (χ1v) is 11.2. The molecule has 0 radical (unpaired) electrons. The van der Waals surface area contributed by atoms with Crippen molar-refractivity contribution >= 4 is 35.0 Å². The molecule has 34 heavy (non-hydrogen) atoms. The smallest absolute Gasteiger partial charge is 0.238 e. The van der Waals surface area contributed by atoms with Gasteiger partial charge in [-0.05, 0) is 48.5 Å². The van der Waals surface area contributed by atoms with E-state index >= 15 is 0 Å². The molecular formula is C26H22N2O6. The summed E-state index contributed by atoms with van der Waals surface area (Å²) in [5, 5.41) is 0. The summed E-state index contributed by atoms with van der Waals surface area (Å²) >= 11 is 0. The number of nitrogens with zero attached hydrogens (tertiary/aromatic N) is 2. The molecule has 172 valence electrons. The van der Waals surface area contributed by atoms with Gasteiger partial charge in [-0.15, -0.1) is 0 Å². The van der Waals surface area contributed by atoms with Crippen molar-refractivity contribution in [1.82, 2.24) is 0 Å². The van der Waals surface area contributed by atoms with Gasteiger partial charge in [-0.3, -0.25) is 29.0 Å². The number of ether oxygens (including phenoxy) is 2. The van der Waals surface area contributed by atoms with E-state index in [1.54, 1.807) is 62.8 Å². The molecule has 8 nitrogen and oxygen atoms in total. The van der Waals surface area contributed by atoms with Crippen LogP contribution in [0.5, 0.6) is 11.5 Å². The van der Waals surface area contributed by atoms with E-state index in [2.05, 4.69) is 0 Å². The van der Waals surface area contributed by atoms with E-state index in [1.807, 2.05) is 12.2 Å². The van der Waals surface area contributed by atoms with E-state index in [9.17, 15) is 19.2 Å². The maximum absolute atomic E-state index is 13.5. The average molecular weight is 458 g/mol. The molecule has 2 heterocycles. The second-order valence-electron chi connectivity index (χ2n) is 9.06. The van der Waals surface area contributed by atoms with E-state index in [1.165, 1.54) is 9.80 Å². The molecule has 6 atom stereocenters. The van der Waals surface area contributed by atoms with Crippen molar-refractivity contribution in [1.29, 1.82) is 0 Å². The summed E-state index contributed by atoms with van der Waals surface area (Å²) in [6.07, 6.45) is 3.72. The Bertz CT molecular complexity index is 1110. The van der Waals surface area contributed by atoms with Crippen LogP contribution in [0.25, 0.3) is 0 Å². The number of rotatable bonds is 4. The van der Waals surface area contributed by atoms with Gasteiger partial charge in [0.25, 0.3) is 0 Å². The third kappa shape index (κ3) is 2.59. The number of carbonyl (C=O) groups excluding carboxylic acids is 4. The normalized spacial score (nSPS) is 31.2. The van der Waals surface area contributed by atoms with Gasteiger partial charge < -0.3 is 9.47 Å². The van der Waals surface area contributed by atoms with Gasteiger partial charge in [-0.25, -0.2) is 0 Å². The van der Waals surface area contributed by atoms with Crippen molar-refractivity contribution in [3.05, 3.63) is 60.7 Å². The second-order valence-corrected chi connectivity index (χ2v) is 9.06. The lowest BCUT2D eigenvalue weighted by Crippen LogP contribution is -2.50. The van der Waals surface area contributed by atoms with Gasteiger partial charge in [0.2, 0.25) is 23.6 Å². The lowest BCUT2D eigenvalue weighted by Gasteiger charge is -2.44. The molecule has 0 spiro atoms. The number of hydrogen-bond acceptors (Lipinski definition) is 6. The number of methoxy groups -OCH3 is 2. The molecule has 2 aromatic rings. The Balaban J connectivity index is 1.35. The summed E-state index contributed by atoms with van der Waals surface area (Å²) in [6, 6.07) is 13.5. The minimum atomic E-state index is -0.654. The maximum Gasteiger partial charge on any atom is 0.238 e. The highest BCUT2D eigenvalue weighted by molar-refractivity contribution is 6.26. The molecule has 3 aliphatic carbocycles. The van der Waals surface area contributed by atoms with Gasteiger partial charge in [-0.1, -0.05) is 12.2 Å². The molecule has 5 aliphatic rings. The molecule has 2 unspecified atom stereocenters. The Morgan fingerprint density at radius 3 is 1.09 bits per heavy atom. The van der Waals surface area contributed by atoms with Gasteiger partial charge in [0.1, 0.15) is 11.5 Å². The Morgan fingerprint density at radius 1 is 0.529 bits per heavy atom. The van der Waals surface area contributed by atoms with Gasteiger partial charge in [0.15, 0.2) is 0 Å². The molecule has 1 saturated carbocycles. The first-order chi connectivity index (χ1) is 16.5. The fourth-order valence-electron chi connectivity index (χ4n) is 6.20. The van der Waals surface area contributed by atoms with Crippen LogP contribution in [0, 0.1) is 35.5 Å². The van der Waals surface area contributed by atoms with E-state index in [-0.39, 0.29) is 23.6 Å². The predicted octanol–water partition coefficient (Wildman–Crippen LogP) is 2.43. The predicted molar refractivity (Wildman–Crippen MR) is 121 cm³/mol. The molecule has 4 amide bonds. The number of carbonyl (C=O) groups is 4. The molecule has 2 saturated heterocycles. The number of hydrogen-bond donors (Lipinski definition) is 0. The molecule has 8 heteroatoms. The van der Waals surface area contributed by atoms with E-state index in [0.717, 1.165) is 0 Å².